The van der Waals surface area contributed by atoms with Gasteiger partial charge in [-0.2, -0.15) is 11.1 Å². The molecule has 0 spiro atoms. The van der Waals surface area contributed by atoms with Crippen LogP contribution in [0.25, 0.3) is 0 Å². The third-order valence-electron chi connectivity index (χ3n) is 0.980. The van der Waals surface area contributed by atoms with Gasteiger partial charge in [0.1, 0.15) is 0 Å². The second-order valence-electron chi connectivity index (χ2n) is 4.26. The normalized spacial score (nSPS) is 14.6. The van der Waals surface area contributed by atoms with Gasteiger partial charge >= 0.3 is 0 Å². The summed E-state index contributed by atoms with van der Waals surface area (Å²) < 4.78 is 0. The van der Waals surface area contributed by atoms with Crippen LogP contribution >= 0.6 is 11.1 Å². The van der Waals surface area contributed by atoms with Crippen LogP contribution in [0.4, 0.5) is 0 Å². The summed E-state index contributed by atoms with van der Waals surface area (Å²) in [5, 5.41) is 0. The van der Waals surface area contributed by atoms with Crippen molar-refractivity contribution in [3.63, 3.8) is 0 Å². The lowest BCUT2D eigenvalue weighted by Gasteiger charge is -2.12. The van der Waals surface area contributed by atoms with E-state index in [2.05, 4.69) is 44.1 Å². The van der Waals surface area contributed by atoms with Crippen LogP contribution in [0.1, 0.15) is 0 Å². The lowest BCUT2D eigenvalue weighted by molar-refractivity contribution is 1.76. The van der Waals surface area contributed by atoms with E-state index in [1.54, 1.807) is 0 Å². The van der Waals surface area contributed by atoms with Gasteiger partial charge in [-0.3, -0.25) is 0 Å². The summed E-state index contributed by atoms with van der Waals surface area (Å²) in [6, 6.07) is 0. The Balaban J connectivity index is 4.01. The Morgan fingerprint density at radius 1 is 0.900 bits per heavy atom. The van der Waals surface area contributed by atoms with Crippen LogP contribution in [0.15, 0.2) is 11.4 Å². The van der Waals surface area contributed by atoms with Crippen molar-refractivity contribution in [2.75, 3.05) is 0 Å². The van der Waals surface area contributed by atoms with Crippen molar-refractivity contribution in [3.8, 4) is 0 Å². The highest BCUT2D eigenvalue weighted by Crippen LogP contribution is 2.12. The Morgan fingerprint density at radius 3 is 1.40 bits per heavy atom. The van der Waals surface area contributed by atoms with E-state index in [0.717, 1.165) is 0 Å². The topological polar surface area (TPSA) is 0 Å². The number of hydrogen-bond donors (Lipinski definition) is 0. The minimum Gasteiger partial charge on any atom is -0.162 e. The molecule has 0 aromatic heterocycles. The molecule has 0 aliphatic rings. The van der Waals surface area contributed by atoms with Crippen LogP contribution < -0.4 is 0 Å². The molecule has 0 atom stereocenters. The standard InChI is InChI=1S/C7H17ClSi2/c1-9(2,3)6-7-10(4,5)8/h6-7H,1-5H3/b7-6+. The molecule has 0 rings (SSSR count). The van der Waals surface area contributed by atoms with Gasteiger partial charge in [-0.25, -0.2) is 0 Å². The summed E-state index contributed by atoms with van der Waals surface area (Å²) in [5.41, 5.74) is 4.58. The second-order valence-corrected chi connectivity index (χ2v) is 15.7. The average Bonchev–Trinajstić information content (AvgIpc) is 1.57. The minimum absolute atomic E-state index is 0.997. The van der Waals surface area contributed by atoms with Crippen molar-refractivity contribution in [2.24, 2.45) is 0 Å². The molecule has 0 heterocycles. The Morgan fingerprint density at radius 2 is 1.30 bits per heavy atom. The first-order valence-corrected chi connectivity index (χ1v) is 11.3. The Hall–Kier alpha value is 0.464. The van der Waals surface area contributed by atoms with E-state index in [4.69, 9.17) is 11.1 Å². The van der Waals surface area contributed by atoms with Crippen molar-refractivity contribution in [1.29, 1.82) is 0 Å². The van der Waals surface area contributed by atoms with E-state index in [-0.39, 0.29) is 0 Å². The van der Waals surface area contributed by atoms with Crippen LogP contribution in [0, 0.1) is 0 Å². The molecule has 0 unspecified atom stereocenters. The van der Waals surface area contributed by atoms with Crippen LogP contribution in [0.2, 0.25) is 32.7 Å². The number of hydrogen-bond acceptors (Lipinski definition) is 0. The third kappa shape index (κ3) is 8.46. The maximum Gasteiger partial charge on any atom is 0.173 e. The first-order valence-electron chi connectivity index (χ1n) is 3.60. The van der Waals surface area contributed by atoms with Gasteiger partial charge in [0, 0.05) is 0 Å². The van der Waals surface area contributed by atoms with E-state index in [1.165, 1.54) is 0 Å². The molecule has 3 heteroatoms. The van der Waals surface area contributed by atoms with Crippen molar-refractivity contribution in [2.45, 2.75) is 32.7 Å². The van der Waals surface area contributed by atoms with Crippen LogP contribution in [0.5, 0.6) is 0 Å². The van der Waals surface area contributed by atoms with Gasteiger partial charge in [0.2, 0.25) is 0 Å². The highest BCUT2D eigenvalue weighted by molar-refractivity contribution is 7.22. The molecule has 0 aromatic carbocycles. The van der Waals surface area contributed by atoms with Crippen molar-refractivity contribution < 1.29 is 0 Å². The van der Waals surface area contributed by atoms with Gasteiger partial charge in [-0.15, -0.1) is 5.70 Å². The monoisotopic (exact) mass is 192 g/mol. The molecular weight excluding hydrogens is 176 g/mol. The van der Waals surface area contributed by atoms with Gasteiger partial charge in [-0.05, 0) is 0 Å². The zero-order valence-corrected chi connectivity index (χ0v) is 10.3. The third-order valence-corrected chi connectivity index (χ3v) is 3.82. The Bertz CT molecular complexity index is 112. The summed E-state index contributed by atoms with van der Waals surface area (Å²) in [7, 11) is -2.44. The molecule has 0 amide bonds. The smallest absolute Gasteiger partial charge is 0.162 e. The summed E-state index contributed by atoms with van der Waals surface area (Å²) in [6.07, 6.45) is 0. The molecule has 0 saturated heterocycles. The molecule has 60 valence electrons. The van der Waals surface area contributed by atoms with E-state index >= 15 is 0 Å². The Labute approximate surface area is 71.0 Å². The van der Waals surface area contributed by atoms with E-state index in [9.17, 15) is 0 Å². The maximum atomic E-state index is 6.11. The summed E-state index contributed by atoms with van der Waals surface area (Å²) in [4.78, 5) is 0. The van der Waals surface area contributed by atoms with Crippen LogP contribution in [-0.4, -0.2) is 15.5 Å². The molecule has 10 heavy (non-hydrogen) atoms. The molecule has 0 saturated carbocycles. The SMILES string of the molecule is C[Si](C)(C)/C=C/[Si](C)(C)Cl. The zero-order valence-electron chi connectivity index (χ0n) is 7.53. The van der Waals surface area contributed by atoms with Crippen LogP contribution in [0.3, 0.4) is 0 Å². The summed E-state index contributed by atoms with van der Waals surface area (Å²) in [6.45, 7) is 11.2. The fraction of sp³-hybridized carbons (Fsp3) is 0.714. The lowest BCUT2D eigenvalue weighted by atomic mass is 11.2. The van der Waals surface area contributed by atoms with Crippen molar-refractivity contribution in [3.05, 3.63) is 11.4 Å². The minimum atomic E-state index is -1.44. The van der Waals surface area contributed by atoms with Crippen LogP contribution in [-0.2, 0) is 0 Å². The average molecular weight is 193 g/mol. The first kappa shape index (κ1) is 10.5. The first-order chi connectivity index (χ1) is 4.21. The molecule has 0 aromatic rings. The number of rotatable bonds is 2. The molecule has 0 N–H and O–H groups in total. The van der Waals surface area contributed by atoms with Gasteiger partial charge in [0.25, 0.3) is 0 Å². The summed E-state index contributed by atoms with van der Waals surface area (Å²) >= 11 is 6.11. The van der Waals surface area contributed by atoms with Gasteiger partial charge in [0.15, 0.2) is 7.38 Å². The van der Waals surface area contributed by atoms with Gasteiger partial charge in [0.05, 0.1) is 8.07 Å². The number of halogens is 1. The highest BCUT2D eigenvalue weighted by atomic mass is 35.6. The molecule has 0 nitrogen and oxygen atoms in total. The lowest BCUT2D eigenvalue weighted by Crippen LogP contribution is -2.20. The van der Waals surface area contributed by atoms with E-state index < -0.39 is 15.5 Å². The molecule has 0 aliphatic carbocycles. The van der Waals surface area contributed by atoms with Gasteiger partial charge in [-0.1, -0.05) is 38.4 Å². The quantitative estimate of drug-likeness (QED) is 0.465. The molecule has 0 bridgehead atoms. The zero-order chi connectivity index (χ0) is 8.41. The molecule has 0 radical (unpaired) electrons. The molecular formula is C7H17ClSi2. The Kier molecular flexibility index (Phi) is 3.39. The second kappa shape index (κ2) is 3.24. The largest absolute Gasteiger partial charge is 0.173 e. The maximum absolute atomic E-state index is 6.11. The van der Waals surface area contributed by atoms with Crippen molar-refractivity contribution >= 4 is 26.5 Å². The van der Waals surface area contributed by atoms with E-state index in [1.807, 2.05) is 0 Å². The van der Waals surface area contributed by atoms with Crippen molar-refractivity contribution in [1.82, 2.24) is 0 Å². The predicted octanol–water partition coefficient (Wildman–Crippen LogP) is 3.40. The molecule has 0 aliphatic heterocycles. The highest BCUT2D eigenvalue weighted by Gasteiger charge is 2.14. The van der Waals surface area contributed by atoms with E-state index in [0.29, 0.717) is 0 Å². The predicted molar refractivity (Wildman–Crippen MR) is 55.8 cm³/mol. The fourth-order valence-electron chi connectivity index (χ4n) is 0.448. The molecule has 0 fully saturated rings. The summed E-state index contributed by atoms with van der Waals surface area (Å²) in [5.74, 6) is 0. The fourth-order valence-corrected chi connectivity index (χ4v) is 4.60. The van der Waals surface area contributed by atoms with Gasteiger partial charge < -0.3 is 0 Å².